The molecule has 0 amide bonds. The van der Waals surface area contributed by atoms with Gasteiger partial charge in [-0.2, -0.15) is 0 Å². The van der Waals surface area contributed by atoms with Gasteiger partial charge in [0.15, 0.2) is 5.96 Å². The van der Waals surface area contributed by atoms with Crippen LogP contribution in [0, 0.1) is 12.7 Å². The van der Waals surface area contributed by atoms with Gasteiger partial charge in [0, 0.05) is 38.4 Å². The molecular formula is C20H26FN3O2. The Morgan fingerprint density at radius 3 is 2.50 bits per heavy atom. The number of methoxy groups -OCH3 is 2. The first-order valence-corrected chi connectivity index (χ1v) is 8.41. The molecule has 2 N–H and O–H groups in total. The lowest BCUT2D eigenvalue weighted by atomic mass is 10.1. The van der Waals surface area contributed by atoms with Gasteiger partial charge in [-0.15, -0.1) is 0 Å². The molecular weight excluding hydrogens is 333 g/mol. The largest absolute Gasteiger partial charge is 0.496 e. The van der Waals surface area contributed by atoms with Crippen molar-refractivity contribution >= 4 is 5.96 Å². The van der Waals surface area contributed by atoms with E-state index in [1.807, 2.05) is 25.1 Å². The molecule has 0 saturated heterocycles. The topological polar surface area (TPSA) is 54.9 Å². The molecule has 0 aromatic heterocycles. The van der Waals surface area contributed by atoms with Gasteiger partial charge in [0.2, 0.25) is 0 Å². The van der Waals surface area contributed by atoms with Crippen LogP contribution in [0.3, 0.4) is 0 Å². The third-order valence-corrected chi connectivity index (χ3v) is 3.98. The van der Waals surface area contributed by atoms with Crippen LogP contribution in [-0.4, -0.2) is 27.2 Å². The Balaban J connectivity index is 1.95. The van der Waals surface area contributed by atoms with Gasteiger partial charge in [0.25, 0.3) is 0 Å². The van der Waals surface area contributed by atoms with Gasteiger partial charge in [-0.1, -0.05) is 18.2 Å². The molecule has 6 heteroatoms. The molecule has 0 spiro atoms. The summed E-state index contributed by atoms with van der Waals surface area (Å²) in [5.74, 6) is 1.24. The summed E-state index contributed by atoms with van der Waals surface area (Å²) < 4.78 is 24.1. The number of benzene rings is 2. The highest BCUT2D eigenvalue weighted by Crippen LogP contribution is 2.19. The summed E-state index contributed by atoms with van der Waals surface area (Å²) in [6.07, 6.45) is 0. The zero-order chi connectivity index (χ0) is 18.9. The minimum Gasteiger partial charge on any atom is -0.496 e. The first-order valence-electron chi connectivity index (χ1n) is 8.41. The van der Waals surface area contributed by atoms with E-state index in [0.717, 1.165) is 22.4 Å². The number of aliphatic imine (C=N–C) groups is 1. The van der Waals surface area contributed by atoms with Crippen LogP contribution in [0.2, 0.25) is 0 Å². The van der Waals surface area contributed by atoms with Crippen molar-refractivity contribution in [2.45, 2.75) is 26.6 Å². The van der Waals surface area contributed by atoms with Crippen LogP contribution >= 0.6 is 0 Å². The fraction of sp³-hybridized carbons (Fsp3) is 0.350. The number of aryl methyl sites for hydroxylation is 1. The molecule has 0 aliphatic carbocycles. The minimum absolute atomic E-state index is 0.250. The van der Waals surface area contributed by atoms with E-state index < -0.39 is 0 Å². The number of rotatable bonds is 7. The molecule has 0 aliphatic rings. The molecule has 0 fully saturated rings. The van der Waals surface area contributed by atoms with E-state index in [-0.39, 0.29) is 12.4 Å². The second-order valence-corrected chi connectivity index (χ2v) is 5.95. The van der Waals surface area contributed by atoms with Crippen molar-refractivity contribution in [1.82, 2.24) is 10.6 Å². The SMILES string of the molecule is CN=C(NCc1ccc(F)c(COC)c1)NCc1ccc(C)cc1OC. The molecule has 2 rings (SSSR count). The van der Waals surface area contributed by atoms with E-state index in [1.165, 1.54) is 6.07 Å². The van der Waals surface area contributed by atoms with Gasteiger partial charge in [0.05, 0.1) is 13.7 Å². The molecule has 0 atom stereocenters. The number of hydrogen-bond donors (Lipinski definition) is 2. The predicted octanol–water partition coefficient (Wildman–Crippen LogP) is 3.15. The lowest BCUT2D eigenvalue weighted by Crippen LogP contribution is -2.36. The maximum Gasteiger partial charge on any atom is 0.191 e. The van der Waals surface area contributed by atoms with Crippen molar-refractivity contribution < 1.29 is 13.9 Å². The van der Waals surface area contributed by atoms with Gasteiger partial charge < -0.3 is 20.1 Å². The quantitative estimate of drug-likeness (QED) is 0.589. The van der Waals surface area contributed by atoms with Crippen molar-refractivity contribution in [3.8, 4) is 5.75 Å². The van der Waals surface area contributed by atoms with Crippen molar-refractivity contribution in [2.75, 3.05) is 21.3 Å². The first-order chi connectivity index (χ1) is 12.6. The molecule has 0 bridgehead atoms. The number of halogens is 1. The molecule has 0 aliphatic heterocycles. The van der Waals surface area contributed by atoms with Gasteiger partial charge >= 0.3 is 0 Å². The van der Waals surface area contributed by atoms with Crippen LogP contribution < -0.4 is 15.4 Å². The Labute approximate surface area is 154 Å². The van der Waals surface area contributed by atoms with Crippen LogP contribution in [0.1, 0.15) is 22.3 Å². The highest BCUT2D eigenvalue weighted by molar-refractivity contribution is 5.79. The molecule has 26 heavy (non-hydrogen) atoms. The average molecular weight is 359 g/mol. The third-order valence-electron chi connectivity index (χ3n) is 3.98. The molecule has 5 nitrogen and oxygen atoms in total. The van der Waals surface area contributed by atoms with Crippen LogP contribution in [0.5, 0.6) is 5.75 Å². The highest BCUT2D eigenvalue weighted by Gasteiger charge is 2.06. The maximum atomic E-state index is 13.7. The molecule has 2 aromatic carbocycles. The van der Waals surface area contributed by atoms with E-state index in [2.05, 4.69) is 15.6 Å². The second-order valence-electron chi connectivity index (χ2n) is 5.95. The van der Waals surface area contributed by atoms with Crippen molar-refractivity contribution in [2.24, 2.45) is 4.99 Å². The van der Waals surface area contributed by atoms with Gasteiger partial charge in [-0.25, -0.2) is 4.39 Å². The summed E-state index contributed by atoms with van der Waals surface area (Å²) in [7, 11) is 4.93. The molecule has 0 saturated carbocycles. The Morgan fingerprint density at radius 2 is 1.81 bits per heavy atom. The van der Waals surface area contributed by atoms with Gasteiger partial charge in [-0.05, 0) is 36.2 Å². The van der Waals surface area contributed by atoms with E-state index in [1.54, 1.807) is 33.4 Å². The summed E-state index contributed by atoms with van der Waals surface area (Å²) in [5.41, 5.74) is 3.69. The number of nitrogens with zero attached hydrogens (tertiary/aromatic N) is 1. The molecule has 140 valence electrons. The van der Waals surface area contributed by atoms with Crippen molar-refractivity contribution in [1.29, 1.82) is 0 Å². The summed E-state index contributed by atoms with van der Waals surface area (Å²) in [6, 6.07) is 11.1. The smallest absolute Gasteiger partial charge is 0.191 e. The van der Waals surface area contributed by atoms with Crippen LogP contribution in [0.4, 0.5) is 4.39 Å². The monoisotopic (exact) mass is 359 g/mol. The van der Waals surface area contributed by atoms with E-state index >= 15 is 0 Å². The lowest BCUT2D eigenvalue weighted by Gasteiger charge is -2.14. The number of hydrogen-bond acceptors (Lipinski definition) is 3. The Hall–Kier alpha value is -2.60. The van der Waals surface area contributed by atoms with Gasteiger partial charge in [0.1, 0.15) is 11.6 Å². The van der Waals surface area contributed by atoms with Crippen LogP contribution in [0.15, 0.2) is 41.4 Å². The minimum atomic E-state index is -0.260. The fourth-order valence-corrected chi connectivity index (χ4v) is 2.59. The Kier molecular flexibility index (Phi) is 7.41. The first kappa shape index (κ1) is 19.7. The second kappa shape index (κ2) is 9.77. The molecule has 0 heterocycles. The van der Waals surface area contributed by atoms with E-state index in [4.69, 9.17) is 9.47 Å². The highest BCUT2D eigenvalue weighted by atomic mass is 19.1. The summed E-state index contributed by atoms with van der Waals surface area (Å²) in [4.78, 5) is 4.22. The number of guanidine groups is 1. The van der Waals surface area contributed by atoms with E-state index in [9.17, 15) is 4.39 Å². The van der Waals surface area contributed by atoms with Crippen molar-refractivity contribution in [3.05, 3.63) is 64.5 Å². The molecule has 2 aromatic rings. The van der Waals surface area contributed by atoms with E-state index in [0.29, 0.717) is 24.6 Å². The zero-order valence-corrected chi connectivity index (χ0v) is 15.7. The maximum absolute atomic E-state index is 13.7. The van der Waals surface area contributed by atoms with Crippen LogP contribution in [0.25, 0.3) is 0 Å². The average Bonchev–Trinajstić information content (AvgIpc) is 2.65. The van der Waals surface area contributed by atoms with Crippen molar-refractivity contribution in [3.63, 3.8) is 0 Å². The summed E-state index contributed by atoms with van der Waals surface area (Å²) >= 11 is 0. The number of nitrogens with one attached hydrogen (secondary N) is 2. The standard InChI is InChI=1S/C20H26FN3O2/c1-14-5-7-16(19(9-14)26-4)12-24-20(22-2)23-11-15-6-8-18(21)17(10-15)13-25-3/h5-10H,11-13H2,1-4H3,(H2,22,23,24). The third kappa shape index (κ3) is 5.46. The molecule has 0 radical (unpaired) electrons. The fourth-order valence-electron chi connectivity index (χ4n) is 2.59. The predicted molar refractivity (Wildman–Crippen MR) is 102 cm³/mol. The molecule has 0 unspecified atom stereocenters. The summed E-state index contributed by atoms with van der Waals surface area (Å²) in [6.45, 7) is 3.39. The number of ether oxygens (including phenoxy) is 2. The normalized spacial score (nSPS) is 11.3. The Bertz CT molecular complexity index is 763. The van der Waals surface area contributed by atoms with Gasteiger partial charge in [-0.3, -0.25) is 4.99 Å². The van der Waals surface area contributed by atoms with Crippen LogP contribution in [-0.2, 0) is 24.4 Å². The lowest BCUT2D eigenvalue weighted by molar-refractivity contribution is 0.181. The Morgan fingerprint density at radius 1 is 1.04 bits per heavy atom. The summed E-state index contributed by atoms with van der Waals surface area (Å²) in [5, 5.41) is 6.49. The zero-order valence-electron chi connectivity index (χ0n) is 15.7.